The van der Waals surface area contributed by atoms with Crippen molar-refractivity contribution >= 4 is 23.7 Å². The van der Waals surface area contributed by atoms with Gasteiger partial charge in [0.05, 0.1) is 13.2 Å². The third-order valence-electron chi connectivity index (χ3n) is 3.36. The average molecular weight is 369 g/mol. The molecule has 0 bridgehead atoms. The van der Waals surface area contributed by atoms with Gasteiger partial charge in [0.15, 0.2) is 0 Å². The molecule has 0 aliphatic carbocycles. The molecule has 0 saturated carbocycles. The highest BCUT2D eigenvalue weighted by molar-refractivity contribution is 5.81. The van der Waals surface area contributed by atoms with Gasteiger partial charge in [-0.05, 0) is 30.5 Å². The van der Waals surface area contributed by atoms with Crippen LogP contribution in [0.3, 0.4) is 0 Å². The number of esters is 2. The number of anilines is 1. The standard InChI is InChI=1S/C20H23N3O4/c1-5-11-26-19(24)14-23(15-20(25)27-12-6-2)17-9-7-16(8-10-17)13-18(21-3)22-4/h7-10,13H,5-6,11-12,14-15H2,1-2H3. The molecule has 0 aliphatic rings. The van der Waals surface area contributed by atoms with Crippen molar-refractivity contribution in [1.29, 1.82) is 0 Å². The highest BCUT2D eigenvalue weighted by Gasteiger charge is 2.17. The lowest BCUT2D eigenvalue weighted by Gasteiger charge is -2.23. The van der Waals surface area contributed by atoms with Crippen LogP contribution in [0.2, 0.25) is 0 Å². The van der Waals surface area contributed by atoms with Crippen LogP contribution in [0.4, 0.5) is 5.69 Å². The third-order valence-corrected chi connectivity index (χ3v) is 3.36. The zero-order valence-electron chi connectivity index (χ0n) is 15.6. The van der Waals surface area contributed by atoms with Crippen molar-refractivity contribution in [2.45, 2.75) is 26.7 Å². The molecule has 0 aliphatic heterocycles. The molecule has 7 nitrogen and oxygen atoms in total. The van der Waals surface area contributed by atoms with E-state index in [0.717, 1.165) is 12.8 Å². The topological polar surface area (TPSA) is 64.6 Å². The van der Waals surface area contributed by atoms with Crippen molar-refractivity contribution in [1.82, 2.24) is 0 Å². The molecule has 1 rings (SSSR count). The first-order chi connectivity index (χ1) is 13.0. The molecule has 0 amide bonds. The number of hydrogen-bond acceptors (Lipinski definition) is 5. The Morgan fingerprint density at radius 2 is 1.44 bits per heavy atom. The van der Waals surface area contributed by atoms with Crippen LogP contribution in [0, 0.1) is 13.1 Å². The predicted molar refractivity (Wildman–Crippen MR) is 102 cm³/mol. The molecule has 27 heavy (non-hydrogen) atoms. The number of benzene rings is 1. The largest absolute Gasteiger partial charge is 0.519 e. The Morgan fingerprint density at radius 3 is 1.85 bits per heavy atom. The van der Waals surface area contributed by atoms with Crippen LogP contribution in [-0.4, -0.2) is 38.2 Å². The van der Waals surface area contributed by atoms with E-state index >= 15 is 0 Å². The van der Waals surface area contributed by atoms with E-state index in [0.29, 0.717) is 24.5 Å². The van der Waals surface area contributed by atoms with Crippen LogP contribution in [0.25, 0.3) is 15.8 Å². The van der Waals surface area contributed by atoms with E-state index in [2.05, 4.69) is 9.69 Å². The van der Waals surface area contributed by atoms with Crippen molar-refractivity contribution in [3.63, 3.8) is 0 Å². The predicted octanol–water partition coefficient (Wildman–Crippen LogP) is 3.54. The minimum atomic E-state index is -0.424. The summed E-state index contributed by atoms with van der Waals surface area (Å²) in [4.78, 5) is 31.8. The zero-order chi connectivity index (χ0) is 20.1. The molecule has 1 aromatic rings. The van der Waals surface area contributed by atoms with Gasteiger partial charge in [-0.25, -0.2) is 0 Å². The molecular formula is C20H23N3O4. The summed E-state index contributed by atoms with van der Waals surface area (Å²) >= 11 is 0. The number of hydrogen-bond donors (Lipinski definition) is 0. The zero-order valence-corrected chi connectivity index (χ0v) is 15.6. The Hall–Kier alpha value is -3.32. The van der Waals surface area contributed by atoms with Crippen LogP contribution in [0.5, 0.6) is 0 Å². The first-order valence-electron chi connectivity index (χ1n) is 8.66. The number of ether oxygens (including phenoxy) is 2. The number of rotatable bonds is 10. The molecule has 0 radical (unpaired) electrons. The Kier molecular flexibility index (Phi) is 9.74. The van der Waals surface area contributed by atoms with E-state index in [1.54, 1.807) is 29.2 Å². The molecule has 0 atom stereocenters. The molecule has 0 spiro atoms. The summed E-state index contributed by atoms with van der Waals surface area (Å²) in [6.45, 7) is 18.1. The van der Waals surface area contributed by atoms with Crippen LogP contribution in [0.15, 0.2) is 30.1 Å². The molecular weight excluding hydrogens is 346 g/mol. The summed E-state index contributed by atoms with van der Waals surface area (Å²) in [7, 11) is 0. The smallest absolute Gasteiger partial charge is 0.464 e. The molecule has 0 aromatic heterocycles. The van der Waals surface area contributed by atoms with Crippen molar-refractivity contribution in [3.8, 4) is 0 Å². The first-order valence-corrected chi connectivity index (χ1v) is 8.66. The van der Waals surface area contributed by atoms with E-state index in [1.807, 2.05) is 13.8 Å². The fourth-order valence-corrected chi connectivity index (χ4v) is 2.09. The van der Waals surface area contributed by atoms with E-state index in [-0.39, 0.29) is 18.9 Å². The van der Waals surface area contributed by atoms with Gasteiger partial charge in [-0.2, -0.15) is 9.69 Å². The van der Waals surface area contributed by atoms with Gasteiger partial charge in [-0.15, -0.1) is 0 Å². The molecule has 1 aromatic carbocycles. The van der Waals surface area contributed by atoms with Crippen molar-refractivity contribution in [3.05, 3.63) is 58.5 Å². The minimum absolute atomic E-state index is 0.0362. The summed E-state index contributed by atoms with van der Waals surface area (Å²) in [6.07, 6.45) is 2.91. The summed E-state index contributed by atoms with van der Waals surface area (Å²) in [6, 6.07) is 6.87. The Balaban J connectivity index is 2.95. The lowest BCUT2D eigenvalue weighted by Crippen LogP contribution is -2.36. The van der Waals surface area contributed by atoms with Crippen LogP contribution in [0.1, 0.15) is 32.3 Å². The maximum atomic E-state index is 12.0. The fraction of sp³-hybridized carbons (Fsp3) is 0.400. The molecule has 0 heterocycles. The quantitative estimate of drug-likeness (QED) is 0.466. The second-order valence-corrected chi connectivity index (χ2v) is 5.61. The van der Waals surface area contributed by atoms with Gasteiger partial charge in [0.1, 0.15) is 26.2 Å². The molecule has 142 valence electrons. The van der Waals surface area contributed by atoms with Gasteiger partial charge in [0.2, 0.25) is 0 Å². The summed E-state index contributed by atoms with van der Waals surface area (Å²) < 4.78 is 10.2. The second kappa shape index (κ2) is 12.1. The van der Waals surface area contributed by atoms with Gasteiger partial charge in [0.25, 0.3) is 0 Å². The van der Waals surface area contributed by atoms with Crippen LogP contribution >= 0.6 is 0 Å². The Morgan fingerprint density at radius 1 is 0.963 bits per heavy atom. The van der Waals surface area contributed by atoms with E-state index in [4.69, 9.17) is 22.6 Å². The average Bonchev–Trinajstić information content (AvgIpc) is 2.68. The maximum Gasteiger partial charge on any atom is 0.519 e. The van der Waals surface area contributed by atoms with Gasteiger partial charge in [0, 0.05) is 11.8 Å². The maximum absolute atomic E-state index is 12.0. The van der Waals surface area contributed by atoms with Crippen molar-refractivity contribution in [2.24, 2.45) is 0 Å². The van der Waals surface area contributed by atoms with Crippen LogP contribution < -0.4 is 4.90 Å². The minimum Gasteiger partial charge on any atom is -0.464 e. The van der Waals surface area contributed by atoms with E-state index < -0.39 is 11.9 Å². The monoisotopic (exact) mass is 369 g/mol. The van der Waals surface area contributed by atoms with E-state index in [1.165, 1.54) is 6.08 Å². The number of carbonyl (C=O) groups is 2. The van der Waals surface area contributed by atoms with Gasteiger partial charge in [-0.3, -0.25) is 9.59 Å². The molecule has 0 unspecified atom stereocenters. The lowest BCUT2D eigenvalue weighted by molar-refractivity contribution is -0.143. The number of nitrogens with zero attached hydrogens (tertiary/aromatic N) is 3. The third kappa shape index (κ3) is 8.06. The summed E-state index contributed by atoms with van der Waals surface area (Å²) in [5.74, 6) is -0.884. The first kappa shape index (κ1) is 21.7. The second-order valence-electron chi connectivity index (χ2n) is 5.61. The van der Waals surface area contributed by atoms with Gasteiger partial charge in [-0.1, -0.05) is 26.0 Å². The summed E-state index contributed by atoms with van der Waals surface area (Å²) in [5.41, 5.74) is 1.32. The Bertz CT molecular complexity index is 704. The fourth-order valence-electron chi connectivity index (χ4n) is 2.09. The number of carbonyl (C=O) groups excluding carboxylic acids is 2. The van der Waals surface area contributed by atoms with Crippen molar-refractivity contribution < 1.29 is 19.1 Å². The lowest BCUT2D eigenvalue weighted by atomic mass is 10.2. The Labute approximate surface area is 159 Å². The van der Waals surface area contributed by atoms with Gasteiger partial charge >= 0.3 is 17.8 Å². The van der Waals surface area contributed by atoms with E-state index in [9.17, 15) is 9.59 Å². The normalized spacial score (nSPS) is 9.48. The molecule has 0 fully saturated rings. The summed E-state index contributed by atoms with van der Waals surface area (Å²) in [5, 5.41) is 0. The van der Waals surface area contributed by atoms with Gasteiger partial charge < -0.3 is 14.4 Å². The molecule has 0 saturated heterocycles. The van der Waals surface area contributed by atoms with Crippen LogP contribution in [-0.2, 0) is 19.1 Å². The van der Waals surface area contributed by atoms with Crippen molar-refractivity contribution in [2.75, 3.05) is 31.2 Å². The highest BCUT2D eigenvalue weighted by Crippen LogP contribution is 2.18. The SMILES string of the molecule is [C-]#[N+]C(=Cc1ccc(N(CC(=O)OCCC)CC(=O)OCCC)cc1)[N+]#[C-]. The molecule has 0 N–H and O–H groups in total. The molecule has 7 heteroatoms. The highest BCUT2D eigenvalue weighted by atomic mass is 16.5.